The zero-order valence-corrected chi connectivity index (χ0v) is 16.6. The number of alkyl halides is 3. The molecule has 0 saturated heterocycles. The second kappa shape index (κ2) is 8.90. The SMILES string of the molecule is COc1ccc(-c2ccc(=O)n(CC(=O)Nc3cccc(C(F)(F)F)c3)n2)c(OC)c1. The van der Waals surface area contributed by atoms with Gasteiger partial charge in [-0.25, -0.2) is 4.68 Å². The molecule has 3 rings (SSSR count). The van der Waals surface area contributed by atoms with E-state index in [4.69, 9.17) is 9.47 Å². The molecule has 0 fully saturated rings. The molecule has 31 heavy (non-hydrogen) atoms. The van der Waals surface area contributed by atoms with Crippen molar-refractivity contribution in [3.8, 4) is 22.8 Å². The van der Waals surface area contributed by atoms with Crippen LogP contribution in [-0.2, 0) is 17.5 Å². The lowest BCUT2D eigenvalue weighted by atomic mass is 10.1. The Hall–Kier alpha value is -3.82. The molecule has 10 heteroatoms. The first-order chi connectivity index (χ1) is 14.7. The van der Waals surface area contributed by atoms with Crippen LogP contribution in [0.2, 0.25) is 0 Å². The van der Waals surface area contributed by atoms with Gasteiger partial charge in [0, 0.05) is 23.4 Å². The number of hydrogen-bond donors (Lipinski definition) is 1. The number of halogens is 3. The van der Waals surface area contributed by atoms with Crippen molar-refractivity contribution in [2.24, 2.45) is 0 Å². The summed E-state index contributed by atoms with van der Waals surface area (Å²) in [6.45, 7) is -0.485. The summed E-state index contributed by atoms with van der Waals surface area (Å²) in [5.41, 5.74) is -0.549. The molecule has 0 aliphatic heterocycles. The van der Waals surface area contributed by atoms with Crippen molar-refractivity contribution in [1.82, 2.24) is 9.78 Å². The number of amides is 1. The number of rotatable bonds is 6. The second-order valence-electron chi connectivity index (χ2n) is 6.41. The predicted octanol–water partition coefficient (Wildman–Crippen LogP) is 3.59. The third kappa shape index (κ3) is 5.21. The van der Waals surface area contributed by atoms with Crippen molar-refractivity contribution < 1.29 is 27.4 Å². The molecule has 3 aromatic rings. The molecule has 0 radical (unpaired) electrons. The predicted molar refractivity (Wildman–Crippen MR) is 107 cm³/mol. The Balaban J connectivity index is 1.83. The van der Waals surface area contributed by atoms with Gasteiger partial charge in [-0.2, -0.15) is 18.3 Å². The molecule has 1 aromatic heterocycles. The first-order valence-corrected chi connectivity index (χ1v) is 8.99. The first-order valence-electron chi connectivity index (χ1n) is 8.99. The molecular weight excluding hydrogens is 415 g/mol. The minimum atomic E-state index is -4.54. The van der Waals surface area contributed by atoms with E-state index in [0.717, 1.165) is 16.8 Å². The third-order valence-electron chi connectivity index (χ3n) is 4.32. The Bertz CT molecular complexity index is 1160. The summed E-state index contributed by atoms with van der Waals surface area (Å²) in [6, 6.07) is 12.0. The number of nitrogens with one attached hydrogen (secondary N) is 1. The van der Waals surface area contributed by atoms with Crippen LogP contribution in [-0.4, -0.2) is 29.9 Å². The molecule has 2 aromatic carbocycles. The Morgan fingerprint density at radius 1 is 1.06 bits per heavy atom. The van der Waals surface area contributed by atoms with Gasteiger partial charge in [0.2, 0.25) is 5.91 Å². The average Bonchev–Trinajstić information content (AvgIpc) is 2.74. The number of aromatic nitrogens is 2. The normalized spacial score (nSPS) is 11.1. The van der Waals surface area contributed by atoms with Crippen LogP contribution in [0.4, 0.5) is 18.9 Å². The molecule has 1 amide bonds. The number of carbonyl (C=O) groups excluding carboxylic acids is 1. The van der Waals surface area contributed by atoms with E-state index >= 15 is 0 Å². The molecule has 0 aliphatic rings. The van der Waals surface area contributed by atoms with Gasteiger partial charge in [0.15, 0.2) is 0 Å². The van der Waals surface area contributed by atoms with Gasteiger partial charge in [0.1, 0.15) is 18.0 Å². The monoisotopic (exact) mass is 433 g/mol. The van der Waals surface area contributed by atoms with Gasteiger partial charge in [0.05, 0.1) is 25.5 Å². The van der Waals surface area contributed by atoms with Gasteiger partial charge in [-0.15, -0.1) is 0 Å². The van der Waals surface area contributed by atoms with Crippen LogP contribution in [0, 0.1) is 0 Å². The topological polar surface area (TPSA) is 82.5 Å². The fourth-order valence-corrected chi connectivity index (χ4v) is 2.83. The lowest BCUT2D eigenvalue weighted by molar-refractivity contribution is -0.137. The number of methoxy groups -OCH3 is 2. The highest BCUT2D eigenvalue weighted by molar-refractivity contribution is 5.90. The van der Waals surface area contributed by atoms with Crippen LogP contribution in [0.3, 0.4) is 0 Å². The van der Waals surface area contributed by atoms with Gasteiger partial charge in [-0.3, -0.25) is 9.59 Å². The van der Waals surface area contributed by atoms with E-state index in [1.807, 2.05) is 0 Å². The van der Waals surface area contributed by atoms with Crippen LogP contribution < -0.4 is 20.3 Å². The molecule has 162 valence electrons. The maximum absolute atomic E-state index is 12.8. The molecule has 7 nitrogen and oxygen atoms in total. The molecule has 1 N–H and O–H groups in total. The Kier molecular flexibility index (Phi) is 6.28. The van der Waals surface area contributed by atoms with E-state index in [1.54, 1.807) is 18.2 Å². The highest BCUT2D eigenvalue weighted by Gasteiger charge is 2.30. The molecular formula is C21H18F3N3O4. The summed E-state index contributed by atoms with van der Waals surface area (Å²) >= 11 is 0. The minimum Gasteiger partial charge on any atom is -0.497 e. The number of ether oxygens (including phenoxy) is 2. The molecule has 0 unspecified atom stereocenters. The van der Waals surface area contributed by atoms with Gasteiger partial charge < -0.3 is 14.8 Å². The summed E-state index contributed by atoms with van der Waals surface area (Å²) in [7, 11) is 2.98. The Morgan fingerprint density at radius 2 is 1.84 bits per heavy atom. The summed E-state index contributed by atoms with van der Waals surface area (Å²) in [5.74, 6) is 0.313. The zero-order chi connectivity index (χ0) is 22.6. The molecule has 0 aliphatic carbocycles. The number of anilines is 1. The molecule has 0 spiro atoms. The van der Waals surface area contributed by atoms with Gasteiger partial charge in [-0.05, 0) is 36.4 Å². The lowest BCUT2D eigenvalue weighted by Crippen LogP contribution is -2.29. The standard InChI is InChI=1S/C21H18F3N3O4/c1-30-15-6-7-16(18(11-15)31-2)17-8-9-20(29)27(26-17)12-19(28)25-14-5-3-4-13(10-14)21(22,23)24/h3-11H,12H2,1-2H3,(H,25,28). The first kappa shape index (κ1) is 21.9. The molecule has 1 heterocycles. The minimum absolute atomic E-state index is 0.0409. The van der Waals surface area contributed by atoms with Crippen LogP contribution in [0.5, 0.6) is 11.5 Å². The van der Waals surface area contributed by atoms with Crippen molar-refractivity contribution in [1.29, 1.82) is 0 Å². The van der Waals surface area contributed by atoms with Crippen LogP contribution in [0.15, 0.2) is 59.4 Å². The fourth-order valence-electron chi connectivity index (χ4n) is 2.83. The number of hydrogen-bond acceptors (Lipinski definition) is 5. The summed E-state index contributed by atoms with van der Waals surface area (Å²) in [6.07, 6.45) is -4.54. The number of nitrogens with zero attached hydrogens (tertiary/aromatic N) is 2. The van der Waals surface area contributed by atoms with Gasteiger partial charge in [-0.1, -0.05) is 6.07 Å². The van der Waals surface area contributed by atoms with E-state index in [9.17, 15) is 22.8 Å². The van der Waals surface area contributed by atoms with Gasteiger partial charge in [0.25, 0.3) is 5.56 Å². The quantitative estimate of drug-likeness (QED) is 0.643. The number of carbonyl (C=O) groups is 1. The molecule has 0 atom stereocenters. The summed E-state index contributed by atoms with van der Waals surface area (Å²) < 4.78 is 49.9. The largest absolute Gasteiger partial charge is 0.497 e. The molecule has 0 saturated carbocycles. The second-order valence-corrected chi connectivity index (χ2v) is 6.41. The van der Waals surface area contributed by atoms with Crippen molar-refractivity contribution >= 4 is 11.6 Å². The average molecular weight is 433 g/mol. The van der Waals surface area contributed by atoms with E-state index in [-0.39, 0.29) is 5.69 Å². The zero-order valence-electron chi connectivity index (χ0n) is 16.6. The third-order valence-corrected chi connectivity index (χ3v) is 4.32. The Morgan fingerprint density at radius 3 is 2.52 bits per heavy atom. The summed E-state index contributed by atoms with van der Waals surface area (Å²) in [4.78, 5) is 24.5. The number of benzene rings is 2. The van der Waals surface area contributed by atoms with Crippen molar-refractivity contribution in [2.45, 2.75) is 12.7 Å². The summed E-state index contributed by atoms with van der Waals surface area (Å²) in [5, 5.41) is 6.53. The van der Waals surface area contributed by atoms with E-state index in [2.05, 4.69) is 10.4 Å². The highest BCUT2D eigenvalue weighted by atomic mass is 19.4. The molecule has 0 bridgehead atoms. The smallest absolute Gasteiger partial charge is 0.416 e. The van der Waals surface area contributed by atoms with Crippen LogP contribution in [0.25, 0.3) is 11.3 Å². The van der Waals surface area contributed by atoms with Gasteiger partial charge >= 0.3 is 6.18 Å². The van der Waals surface area contributed by atoms with Crippen molar-refractivity contribution in [3.05, 3.63) is 70.5 Å². The fraction of sp³-hybridized carbons (Fsp3) is 0.190. The van der Waals surface area contributed by atoms with Crippen LogP contribution in [0.1, 0.15) is 5.56 Å². The van der Waals surface area contributed by atoms with Crippen LogP contribution >= 0.6 is 0 Å². The van der Waals surface area contributed by atoms with Crippen molar-refractivity contribution in [3.63, 3.8) is 0 Å². The highest BCUT2D eigenvalue weighted by Crippen LogP contribution is 2.32. The van der Waals surface area contributed by atoms with E-state index in [1.165, 1.54) is 38.5 Å². The van der Waals surface area contributed by atoms with E-state index in [0.29, 0.717) is 22.8 Å². The van der Waals surface area contributed by atoms with E-state index < -0.39 is 29.8 Å². The maximum atomic E-state index is 12.8. The lowest BCUT2D eigenvalue weighted by Gasteiger charge is -2.12. The van der Waals surface area contributed by atoms with Crippen molar-refractivity contribution in [2.75, 3.05) is 19.5 Å². The Labute approximate surface area is 175 Å². The maximum Gasteiger partial charge on any atom is 0.416 e.